The molecule has 2 unspecified atom stereocenters. The Balaban J connectivity index is 1.77. The van der Waals surface area contributed by atoms with Crippen LogP contribution in [0, 0.1) is 0 Å². The highest BCUT2D eigenvalue weighted by Crippen LogP contribution is 2.42. The van der Waals surface area contributed by atoms with E-state index in [0.717, 1.165) is 25.9 Å². The minimum atomic E-state index is -0.155. The zero-order valence-corrected chi connectivity index (χ0v) is 7.21. The largest absolute Gasteiger partial charge is 0.343 e. The quantitative estimate of drug-likeness (QED) is 0.577. The maximum atomic E-state index is 5.95. The van der Waals surface area contributed by atoms with E-state index >= 15 is 0 Å². The molecule has 0 aromatic heterocycles. The first-order valence-electron chi connectivity index (χ1n) is 4.94. The van der Waals surface area contributed by atoms with E-state index in [-0.39, 0.29) is 5.79 Å². The number of hydrogen-bond acceptors (Lipinski definition) is 3. The Bertz CT molecular complexity index is 175. The highest BCUT2D eigenvalue weighted by atomic mass is 16.8. The standard InChI is InChI=1S/C9H15NO2/c1-2-4-9(3-1)11-7-5-10-6-8(7)12-9/h7-8,10H,1-6H2. The summed E-state index contributed by atoms with van der Waals surface area (Å²) >= 11 is 0. The summed E-state index contributed by atoms with van der Waals surface area (Å²) in [5, 5.41) is 3.28. The molecule has 3 fully saturated rings. The molecule has 68 valence electrons. The summed E-state index contributed by atoms with van der Waals surface area (Å²) in [6.45, 7) is 1.96. The van der Waals surface area contributed by atoms with Crippen LogP contribution in [-0.4, -0.2) is 31.1 Å². The Hall–Kier alpha value is -0.120. The molecule has 0 bridgehead atoms. The van der Waals surface area contributed by atoms with E-state index in [0.29, 0.717) is 12.2 Å². The van der Waals surface area contributed by atoms with Crippen LogP contribution in [-0.2, 0) is 9.47 Å². The Labute approximate surface area is 72.4 Å². The normalized spacial score (nSPS) is 44.0. The van der Waals surface area contributed by atoms with Crippen molar-refractivity contribution in [3.63, 3.8) is 0 Å². The Morgan fingerprint density at radius 1 is 1.00 bits per heavy atom. The summed E-state index contributed by atoms with van der Waals surface area (Å²) in [6.07, 6.45) is 5.44. The Morgan fingerprint density at radius 3 is 2.17 bits per heavy atom. The van der Waals surface area contributed by atoms with Gasteiger partial charge in [-0.1, -0.05) is 0 Å². The van der Waals surface area contributed by atoms with Crippen molar-refractivity contribution in [2.45, 2.75) is 43.7 Å². The molecule has 1 saturated carbocycles. The van der Waals surface area contributed by atoms with Crippen molar-refractivity contribution in [1.82, 2.24) is 5.32 Å². The average Bonchev–Trinajstić information content (AvgIpc) is 2.66. The van der Waals surface area contributed by atoms with Crippen molar-refractivity contribution in [3.05, 3.63) is 0 Å². The van der Waals surface area contributed by atoms with Gasteiger partial charge in [-0.3, -0.25) is 0 Å². The highest BCUT2D eigenvalue weighted by molar-refractivity contribution is 4.94. The van der Waals surface area contributed by atoms with Crippen LogP contribution < -0.4 is 5.32 Å². The molecule has 2 atom stereocenters. The third kappa shape index (κ3) is 0.934. The van der Waals surface area contributed by atoms with Crippen LogP contribution in [0.25, 0.3) is 0 Å². The topological polar surface area (TPSA) is 30.5 Å². The van der Waals surface area contributed by atoms with Gasteiger partial charge in [-0.2, -0.15) is 0 Å². The lowest BCUT2D eigenvalue weighted by Crippen LogP contribution is -2.30. The van der Waals surface area contributed by atoms with Crippen LogP contribution in [0.3, 0.4) is 0 Å². The molecule has 1 spiro atoms. The van der Waals surface area contributed by atoms with Crippen molar-refractivity contribution in [1.29, 1.82) is 0 Å². The molecule has 12 heavy (non-hydrogen) atoms. The second-order valence-corrected chi connectivity index (χ2v) is 4.09. The van der Waals surface area contributed by atoms with Crippen molar-refractivity contribution in [2.75, 3.05) is 13.1 Å². The maximum Gasteiger partial charge on any atom is 0.169 e. The molecule has 2 saturated heterocycles. The van der Waals surface area contributed by atoms with E-state index in [2.05, 4.69) is 5.32 Å². The van der Waals surface area contributed by atoms with Gasteiger partial charge in [0, 0.05) is 25.9 Å². The fourth-order valence-corrected chi connectivity index (χ4v) is 2.59. The van der Waals surface area contributed by atoms with Gasteiger partial charge in [-0.15, -0.1) is 0 Å². The van der Waals surface area contributed by atoms with E-state index in [9.17, 15) is 0 Å². The molecule has 1 N–H and O–H groups in total. The zero-order chi connectivity index (χ0) is 8.02. The smallest absolute Gasteiger partial charge is 0.169 e. The van der Waals surface area contributed by atoms with Crippen molar-refractivity contribution in [3.8, 4) is 0 Å². The van der Waals surface area contributed by atoms with Gasteiger partial charge in [0.05, 0.1) is 0 Å². The van der Waals surface area contributed by atoms with E-state index in [1.165, 1.54) is 12.8 Å². The van der Waals surface area contributed by atoms with Gasteiger partial charge in [0.1, 0.15) is 12.2 Å². The number of nitrogens with one attached hydrogen (secondary N) is 1. The molecule has 1 aliphatic carbocycles. The van der Waals surface area contributed by atoms with Crippen molar-refractivity contribution >= 4 is 0 Å². The minimum absolute atomic E-state index is 0.155. The highest BCUT2D eigenvalue weighted by Gasteiger charge is 2.50. The molecule has 0 aromatic rings. The van der Waals surface area contributed by atoms with E-state index in [4.69, 9.17) is 9.47 Å². The summed E-state index contributed by atoms with van der Waals surface area (Å²) < 4.78 is 11.9. The van der Waals surface area contributed by atoms with Crippen LogP contribution in [0.4, 0.5) is 0 Å². The second kappa shape index (κ2) is 2.44. The molecular weight excluding hydrogens is 154 g/mol. The third-order valence-electron chi connectivity index (χ3n) is 3.20. The van der Waals surface area contributed by atoms with Gasteiger partial charge in [-0.05, 0) is 12.8 Å². The summed E-state index contributed by atoms with van der Waals surface area (Å²) in [4.78, 5) is 0. The molecule has 3 aliphatic rings. The molecule has 2 heterocycles. The number of hydrogen-bond donors (Lipinski definition) is 1. The first-order valence-corrected chi connectivity index (χ1v) is 4.94. The molecule has 0 aromatic carbocycles. The average molecular weight is 169 g/mol. The first kappa shape index (κ1) is 7.30. The van der Waals surface area contributed by atoms with Crippen LogP contribution in [0.15, 0.2) is 0 Å². The Kier molecular flexibility index (Phi) is 1.48. The number of ether oxygens (including phenoxy) is 2. The van der Waals surface area contributed by atoms with E-state index in [1.807, 2.05) is 0 Å². The van der Waals surface area contributed by atoms with Gasteiger partial charge < -0.3 is 14.8 Å². The van der Waals surface area contributed by atoms with E-state index in [1.54, 1.807) is 0 Å². The summed E-state index contributed by atoms with van der Waals surface area (Å²) in [7, 11) is 0. The summed E-state index contributed by atoms with van der Waals surface area (Å²) in [5.74, 6) is -0.155. The molecule has 2 aliphatic heterocycles. The summed E-state index contributed by atoms with van der Waals surface area (Å²) in [6, 6.07) is 0. The fourth-order valence-electron chi connectivity index (χ4n) is 2.59. The molecule has 0 amide bonds. The third-order valence-corrected chi connectivity index (χ3v) is 3.20. The number of rotatable bonds is 0. The van der Waals surface area contributed by atoms with Crippen LogP contribution >= 0.6 is 0 Å². The van der Waals surface area contributed by atoms with Crippen molar-refractivity contribution < 1.29 is 9.47 Å². The zero-order valence-electron chi connectivity index (χ0n) is 7.21. The Morgan fingerprint density at radius 2 is 1.58 bits per heavy atom. The van der Waals surface area contributed by atoms with Crippen molar-refractivity contribution in [2.24, 2.45) is 0 Å². The number of fused-ring (bicyclic) bond motifs is 1. The summed E-state index contributed by atoms with van der Waals surface area (Å²) in [5.41, 5.74) is 0. The van der Waals surface area contributed by atoms with E-state index < -0.39 is 0 Å². The lowest BCUT2D eigenvalue weighted by molar-refractivity contribution is -0.171. The monoisotopic (exact) mass is 169 g/mol. The maximum absolute atomic E-state index is 5.95. The fraction of sp³-hybridized carbons (Fsp3) is 1.00. The molecule has 3 heteroatoms. The molecular formula is C9H15NO2. The molecule has 3 nitrogen and oxygen atoms in total. The second-order valence-electron chi connectivity index (χ2n) is 4.09. The minimum Gasteiger partial charge on any atom is -0.343 e. The van der Waals surface area contributed by atoms with Gasteiger partial charge >= 0.3 is 0 Å². The predicted molar refractivity (Wildman–Crippen MR) is 43.8 cm³/mol. The van der Waals surface area contributed by atoms with Crippen LogP contribution in [0.2, 0.25) is 0 Å². The first-order chi connectivity index (χ1) is 5.88. The molecule has 3 rings (SSSR count). The van der Waals surface area contributed by atoms with Gasteiger partial charge in [0.25, 0.3) is 0 Å². The predicted octanol–water partition coefficient (Wildman–Crippen LogP) is 0.644. The van der Waals surface area contributed by atoms with Crippen LogP contribution in [0.5, 0.6) is 0 Å². The SMILES string of the molecule is C1CCC2(C1)OC1CNCC1O2. The molecule has 0 radical (unpaired) electrons. The lowest BCUT2D eigenvalue weighted by atomic mass is 10.2. The van der Waals surface area contributed by atoms with Gasteiger partial charge in [-0.25, -0.2) is 0 Å². The lowest BCUT2D eigenvalue weighted by Gasteiger charge is -2.22. The van der Waals surface area contributed by atoms with Gasteiger partial charge in [0.15, 0.2) is 5.79 Å². The van der Waals surface area contributed by atoms with Gasteiger partial charge in [0.2, 0.25) is 0 Å². The van der Waals surface area contributed by atoms with Crippen LogP contribution in [0.1, 0.15) is 25.7 Å².